The molecule has 2 amide bonds. The topological polar surface area (TPSA) is 79.2 Å². The Morgan fingerprint density at radius 1 is 1.26 bits per heavy atom. The number of aryl methyl sites for hydroxylation is 1. The van der Waals surface area contributed by atoms with Gasteiger partial charge in [-0.25, -0.2) is 9.78 Å². The summed E-state index contributed by atoms with van der Waals surface area (Å²) >= 11 is 1.49. The Kier molecular flexibility index (Phi) is 3.64. The molecule has 2 fully saturated rings. The second-order valence-corrected chi connectivity index (χ2v) is 6.97. The summed E-state index contributed by atoms with van der Waals surface area (Å²) in [7, 11) is 1.98. The zero-order valence-corrected chi connectivity index (χ0v) is 13.8. The van der Waals surface area contributed by atoms with Crippen LogP contribution in [0.25, 0.3) is 0 Å². The Labute approximate surface area is 138 Å². The second kappa shape index (κ2) is 5.80. The fourth-order valence-corrected chi connectivity index (χ4v) is 3.62. The van der Waals surface area contributed by atoms with E-state index in [2.05, 4.69) is 25.4 Å². The van der Waals surface area contributed by atoms with Gasteiger partial charge in [-0.3, -0.25) is 5.32 Å². The van der Waals surface area contributed by atoms with Gasteiger partial charge >= 0.3 is 6.03 Å². The van der Waals surface area contributed by atoms with Gasteiger partial charge in [0.1, 0.15) is 5.01 Å². The van der Waals surface area contributed by atoms with Crippen molar-refractivity contribution in [2.45, 2.75) is 18.8 Å². The van der Waals surface area contributed by atoms with Crippen LogP contribution in [-0.4, -0.2) is 56.9 Å². The van der Waals surface area contributed by atoms with Crippen molar-refractivity contribution in [2.24, 2.45) is 7.05 Å². The van der Waals surface area contributed by atoms with Crippen molar-refractivity contribution < 1.29 is 4.79 Å². The number of carbonyl (C=O) groups is 1. The Hall–Kier alpha value is -2.16. The summed E-state index contributed by atoms with van der Waals surface area (Å²) in [6.45, 7) is 2.91. The van der Waals surface area contributed by atoms with E-state index in [0.717, 1.165) is 24.0 Å². The fourth-order valence-electron chi connectivity index (χ4n) is 2.72. The number of amides is 2. The fraction of sp³-hybridized carbons (Fsp3) is 0.571. The predicted molar refractivity (Wildman–Crippen MR) is 87.9 cm³/mol. The predicted octanol–water partition coefficient (Wildman–Crippen LogP) is 1.50. The van der Waals surface area contributed by atoms with Crippen LogP contribution in [0.15, 0.2) is 12.4 Å². The lowest BCUT2D eigenvalue weighted by atomic mass is 10.3. The number of aromatic nitrogens is 4. The van der Waals surface area contributed by atoms with Gasteiger partial charge in [-0.1, -0.05) is 11.3 Å². The van der Waals surface area contributed by atoms with Crippen LogP contribution in [0.3, 0.4) is 0 Å². The molecule has 0 unspecified atom stereocenters. The van der Waals surface area contributed by atoms with Gasteiger partial charge in [0, 0.05) is 51.5 Å². The number of piperazine rings is 1. The first-order valence-electron chi connectivity index (χ1n) is 7.82. The van der Waals surface area contributed by atoms with Gasteiger partial charge in [0.15, 0.2) is 0 Å². The number of nitrogens with zero attached hydrogens (tertiary/aromatic N) is 6. The minimum atomic E-state index is -0.0945. The minimum absolute atomic E-state index is 0.0945. The van der Waals surface area contributed by atoms with Gasteiger partial charge in [-0.15, -0.1) is 10.2 Å². The molecule has 4 rings (SSSR count). The van der Waals surface area contributed by atoms with Crippen LogP contribution in [0.4, 0.5) is 15.9 Å². The van der Waals surface area contributed by atoms with E-state index in [0.29, 0.717) is 24.1 Å². The van der Waals surface area contributed by atoms with Gasteiger partial charge in [0.2, 0.25) is 11.1 Å². The first kappa shape index (κ1) is 14.4. The van der Waals surface area contributed by atoms with Crippen LogP contribution in [0, 0.1) is 0 Å². The number of anilines is 2. The Balaban J connectivity index is 1.32. The quantitative estimate of drug-likeness (QED) is 0.921. The Morgan fingerprint density at radius 3 is 2.70 bits per heavy atom. The molecule has 0 aromatic carbocycles. The summed E-state index contributed by atoms with van der Waals surface area (Å²) in [5.74, 6) is 1.52. The van der Waals surface area contributed by atoms with Gasteiger partial charge in [-0.2, -0.15) is 0 Å². The number of imidazole rings is 1. The molecular formula is C14H19N7OS. The first-order chi connectivity index (χ1) is 11.2. The van der Waals surface area contributed by atoms with Gasteiger partial charge in [-0.05, 0) is 12.8 Å². The second-order valence-electron chi connectivity index (χ2n) is 5.96. The van der Waals surface area contributed by atoms with Crippen LogP contribution >= 0.6 is 11.3 Å². The molecule has 122 valence electrons. The molecule has 2 aromatic rings. The number of rotatable bonds is 3. The van der Waals surface area contributed by atoms with Crippen molar-refractivity contribution in [2.75, 3.05) is 36.4 Å². The molecule has 23 heavy (non-hydrogen) atoms. The molecule has 1 aliphatic carbocycles. The first-order valence-corrected chi connectivity index (χ1v) is 8.64. The van der Waals surface area contributed by atoms with E-state index >= 15 is 0 Å². The summed E-state index contributed by atoms with van der Waals surface area (Å²) in [5, 5.41) is 12.7. The summed E-state index contributed by atoms with van der Waals surface area (Å²) in [5.41, 5.74) is 0. The van der Waals surface area contributed by atoms with Crippen molar-refractivity contribution in [3.05, 3.63) is 17.4 Å². The van der Waals surface area contributed by atoms with Gasteiger partial charge < -0.3 is 14.4 Å². The van der Waals surface area contributed by atoms with E-state index in [1.807, 2.05) is 22.7 Å². The van der Waals surface area contributed by atoms with Crippen molar-refractivity contribution in [3.8, 4) is 0 Å². The molecule has 3 heterocycles. The van der Waals surface area contributed by atoms with Crippen molar-refractivity contribution in [3.63, 3.8) is 0 Å². The molecule has 9 heteroatoms. The lowest BCUT2D eigenvalue weighted by molar-refractivity contribution is 0.208. The molecule has 1 aliphatic heterocycles. The highest BCUT2D eigenvalue weighted by Gasteiger charge is 2.28. The van der Waals surface area contributed by atoms with Crippen LogP contribution < -0.4 is 10.2 Å². The maximum Gasteiger partial charge on any atom is 0.323 e. The van der Waals surface area contributed by atoms with E-state index < -0.39 is 0 Å². The molecule has 1 saturated carbocycles. The van der Waals surface area contributed by atoms with Gasteiger partial charge in [0.25, 0.3) is 0 Å². The molecule has 2 aliphatic rings. The molecule has 0 spiro atoms. The molecule has 0 bridgehead atoms. The number of urea groups is 1. The molecule has 1 saturated heterocycles. The number of nitrogens with one attached hydrogen (secondary N) is 1. The standard InChI is InChI=1S/C14H19N7OS/c1-19-5-4-15-13(19)20-6-8-21(9-7-20)14(22)16-12-18-17-11(23-12)10-2-3-10/h4-5,10H,2-3,6-9H2,1H3,(H,16,18,22). The Morgan fingerprint density at radius 2 is 2.04 bits per heavy atom. The summed E-state index contributed by atoms with van der Waals surface area (Å²) in [6, 6.07) is -0.0945. The van der Waals surface area contributed by atoms with Crippen LogP contribution in [0.5, 0.6) is 0 Å². The minimum Gasteiger partial charge on any atom is -0.339 e. The maximum atomic E-state index is 12.3. The number of hydrogen-bond acceptors (Lipinski definition) is 6. The van der Waals surface area contributed by atoms with E-state index in [-0.39, 0.29) is 6.03 Å². The van der Waals surface area contributed by atoms with Crippen LogP contribution in [0.2, 0.25) is 0 Å². The van der Waals surface area contributed by atoms with Crippen LogP contribution in [-0.2, 0) is 7.05 Å². The van der Waals surface area contributed by atoms with E-state index in [1.165, 1.54) is 24.2 Å². The molecule has 0 atom stereocenters. The highest BCUT2D eigenvalue weighted by molar-refractivity contribution is 7.15. The zero-order valence-electron chi connectivity index (χ0n) is 13.0. The lowest BCUT2D eigenvalue weighted by Crippen LogP contribution is -2.50. The monoisotopic (exact) mass is 333 g/mol. The maximum absolute atomic E-state index is 12.3. The number of hydrogen-bond donors (Lipinski definition) is 1. The molecular weight excluding hydrogens is 314 g/mol. The van der Waals surface area contributed by atoms with Crippen molar-refractivity contribution in [1.82, 2.24) is 24.6 Å². The van der Waals surface area contributed by atoms with Crippen LogP contribution in [0.1, 0.15) is 23.8 Å². The highest BCUT2D eigenvalue weighted by Crippen LogP contribution is 2.42. The normalized spacial score (nSPS) is 18.3. The zero-order chi connectivity index (χ0) is 15.8. The summed E-state index contributed by atoms with van der Waals surface area (Å²) in [6.07, 6.45) is 6.11. The Bertz CT molecular complexity index is 700. The molecule has 2 aromatic heterocycles. The third-order valence-electron chi connectivity index (χ3n) is 4.23. The number of carbonyl (C=O) groups excluding carboxylic acids is 1. The van der Waals surface area contributed by atoms with Crippen molar-refractivity contribution >= 4 is 28.4 Å². The van der Waals surface area contributed by atoms with Gasteiger partial charge in [0.05, 0.1) is 0 Å². The average molecular weight is 333 g/mol. The summed E-state index contributed by atoms with van der Waals surface area (Å²) < 4.78 is 2.00. The largest absolute Gasteiger partial charge is 0.339 e. The molecule has 0 radical (unpaired) electrons. The average Bonchev–Trinajstić information content (AvgIpc) is 3.16. The summed E-state index contributed by atoms with van der Waals surface area (Å²) in [4.78, 5) is 20.7. The lowest BCUT2D eigenvalue weighted by Gasteiger charge is -2.34. The highest BCUT2D eigenvalue weighted by atomic mass is 32.1. The van der Waals surface area contributed by atoms with E-state index in [1.54, 1.807) is 6.20 Å². The SMILES string of the molecule is Cn1ccnc1N1CCN(C(=O)Nc2nnc(C3CC3)s2)CC1. The molecule has 1 N–H and O–H groups in total. The third-order valence-corrected chi connectivity index (χ3v) is 5.23. The smallest absolute Gasteiger partial charge is 0.323 e. The van der Waals surface area contributed by atoms with E-state index in [4.69, 9.17) is 0 Å². The van der Waals surface area contributed by atoms with Crippen molar-refractivity contribution in [1.29, 1.82) is 0 Å². The van der Waals surface area contributed by atoms with E-state index in [9.17, 15) is 4.79 Å². The third kappa shape index (κ3) is 3.00. The molecule has 8 nitrogen and oxygen atoms in total.